The van der Waals surface area contributed by atoms with Gasteiger partial charge in [-0.2, -0.15) is 0 Å². The minimum atomic E-state index is -0.275. The molecule has 0 N–H and O–H groups in total. The van der Waals surface area contributed by atoms with Crippen LogP contribution in [0.3, 0.4) is 0 Å². The Kier molecular flexibility index (Phi) is 4.29. The molecule has 0 aliphatic rings. The number of allylic oxidation sites excluding steroid dienone is 2. The number of carbonyl (C=O) groups excluding carboxylic acids is 1. The lowest BCUT2D eigenvalue weighted by Gasteiger charge is -2.08. The minimum absolute atomic E-state index is 0.275. The fraction of sp³-hybridized carbons (Fsp3) is 0.357. The van der Waals surface area contributed by atoms with E-state index < -0.39 is 0 Å². The molecule has 0 spiro atoms. The largest absolute Gasteiger partial charge is 0.465 e. The van der Waals surface area contributed by atoms with E-state index in [1.807, 2.05) is 32.0 Å². The lowest BCUT2D eigenvalue weighted by atomic mass is 9.98. The van der Waals surface area contributed by atoms with Gasteiger partial charge in [-0.3, -0.25) is 0 Å². The van der Waals surface area contributed by atoms with Gasteiger partial charge in [0.1, 0.15) is 0 Å². The van der Waals surface area contributed by atoms with Gasteiger partial charge in [-0.15, -0.1) is 0 Å². The molecule has 0 aromatic heterocycles. The van der Waals surface area contributed by atoms with E-state index in [1.165, 1.54) is 18.2 Å². The summed E-state index contributed by atoms with van der Waals surface area (Å²) in [5.74, 6) is -0.275. The molecule has 0 bridgehead atoms. The average molecular weight is 218 g/mol. The lowest BCUT2D eigenvalue weighted by molar-refractivity contribution is 0.0600. The summed E-state index contributed by atoms with van der Waals surface area (Å²) >= 11 is 0. The van der Waals surface area contributed by atoms with Crippen LogP contribution in [0.1, 0.15) is 41.8 Å². The van der Waals surface area contributed by atoms with Crippen LogP contribution < -0.4 is 0 Å². The third-order valence-corrected chi connectivity index (χ3v) is 2.73. The Morgan fingerprint density at radius 3 is 2.56 bits per heavy atom. The van der Waals surface area contributed by atoms with E-state index in [1.54, 1.807) is 0 Å². The maximum absolute atomic E-state index is 11.4. The molecule has 86 valence electrons. The summed E-state index contributed by atoms with van der Waals surface area (Å²) in [6.45, 7) is 6.08. The van der Waals surface area contributed by atoms with Crippen LogP contribution >= 0.6 is 0 Å². The van der Waals surface area contributed by atoms with Crippen molar-refractivity contribution in [3.05, 3.63) is 41.0 Å². The molecule has 1 aromatic rings. The molecule has 0 fully saturated rings. The smallest absolute Gasteiger partial charge is 0.338 e. The monoisotopic (exact) mass is 218 g/mol. The third kappa shape index (κ3) is 2.51. The molecular weight excluding hydrogens is 200 g/mol. The Balaban J connectivity index is 3.13. The maximum Gasteiger partial charge on any atom is 0.338 e. The van der Waals surface area contributed by atoms with E-state index >= 15 is 0 Å². The SMILES string of the molecule is C/C=C(/CC)c1ccc(C(=O)OC)c(C)c1. The Bertz CT molecular complexity index is 417. The molecule has 2 heteroatoms. The van der Waals surface area contributed by atoms with E-state index in [2.05, 4.69) is 13.0 Å². The summed E-state index contributed by atoms with van der Waals surface area (Å²) in [5.41, 5.74) is 4.06. The Labute approximate surface area is 96.9 Å². The number of hydrogen-bond donors (Lipinski definition) is 0. The summed E-state index contributed by atoms with van der Waals surface area (Å²) in [4.78, 5) is 11.4. The van der Waals surface area contributed by atoms with Crippen LogP contribution in [0.4, 0.5) is 0 Å². The zero-order chi connectivity index (χ0) is 12.1. The summed E-state index contributed by atoms with van der Waals surface area (Å²) in [6, 6.07) is 5.83. The molecule has 0 heterocycles. The molecule has 0 amide bonds. The number of esters is 1. The Hall–Kier alpha value is -1.57. The van der Waals surface area contributed by atoms with Gasteiger partial charge in [0.2, 0.25) is 0 Å². The molecular formula is C14H18O2. The second-order valence-electron chi connectivity index (χ2n) is 3.69. The van der Waals surface area contributed by atoms with Crippen molar-refractivity contribution in [3.63, 3.8) is 0 Å². The molecule has 0 unspecified atom stereocenters. The molecule has 2 nitrogen and oxygen atoms in total. The molecule has 16 heavy (non-hydrogen) atoms. The van der Waals surface area contributed by atoms with Crippen LogP contribution in [0.15, 0.2) is 24.3 Å². The minimum Gasteiger partial charge on any atom is -0.465 e. The number of rotatable bonds is 3. The molecule has 0 aliphatic heterocycles. The van der Waals surface area contributed by atoms with Crippen molar-refractivity contribution in [2.45, 2.75) is 27.2 Å². The van der Waals surface area contributed by atoms with Crippen molar-refractivity contribution in [1.82, 2.24) is 0 Å². The normalized spacial score (nSPS) is 11.4. The van der Waals surface area contributed by atoms with Gasteiger partial charge in [0.25, 0.3) is 0 Å². The number of aryl methyl sites for hydroxylation is 1. The van der Waals surface area contributed by atoms with Gasteiger partial charge in [-0.1, -0.05) is 25.1 Å². The van der Waals surface area contributed by atoms with Crippen LogP contribution in [-0.4, -0.2) is 13.1 Å². The highest BCUT2D eigenvalue weighted by molar-refractivity contribution is 5.91. The number of ether oxygens (including phenoxy) is 1. The van der Waals surface area contributed by atoms with Crippen molar-refractivity contribution in [3.8, 4) is 0 Å². The van der Waals surface area contributed by atoms with E-state index in [9.17, 15) is 4.79 Å². The molecule has 0 saturated carbocycles. The number of carbonyl (C=O) groups is 1. The van der Waals surface area contributed by atoms with Crippen LogP contribution in [0, 0.1) is 6.92 Å². The van der Waals surface area contributed by atoms with Gasteiger partial charge >= 0.3 is 5.97 Å². The van der Waals surface area contributed by atoms with Gasteiger partial charge < -0.3 is 4.74 Å². The molecule has 1 rings (SSSR count). The highest BCUT2D eigenvalue weighted by Crippen LogP contribution is 2.21. The van der Waals surface area contributed by atoms with Crippen LogP contribution in [0.5, 0.6) is 0 Å². The van der Waals surface area contributed by atoms with Crippen molar-refractivity contribution >= 4 is 11.5 Å². The highest BCUT2D eigenvalue weighted by Gasteiger charge is 2.09. The van der Waals surface area contributed by atoms with Crippen molar-refractivity contribution < 1.29 is 9.53 Å². The lowest BCUT2D eigenvalue weighted by Crippen LogP contribution is -2.04. The predicted octanol–water partition coefficient (Wildman–Crippen LogP) is 3.59. The van der Waals surface area contributed by atoms with Crippen molar-refractivity contribution in [2.24, 2.45) is 0 Å². The summed E-state index contributed by atoms with van der Waals surface area (Å²) in [7, 11) is 1.40. The Morgan fingerprint density at radius 1 is 1.44 bits per heavy atom. The summed E-state index contributed by atoms with van der Waals surface area (Å²) in [5, 5.41) is 0. The predicted molar refractivity (Wildman–Crippen MR) is 66.5 cm³/mol. The fourth-order valence-electron chi connectivity index (χ4n) is 1.78. The van der Waals surface area contributed by atoms with Crippen molar-refractivity contribution in [2.75, 3.05) is 7.11 Å². The first kappa shape index (κ1) is 12.5. The molecule has 0 radical (unpaired) electrons. The van der Waals surface area contributed by atoms with Gasteiger partial charge in [-0.25, -0.2) is 4.79 Å². The van der Waals surface area contributed by atoms with Gasteiger partial charge in [-0.05, 0) is 43.0 Å². The molecule has 0 saturated heterocycles. The molecule has 0 atom stereocenters. The summed E-state index contributed by atoms with van der Waals surface area (Å²) < 4.78 is 4.72. The topological polar surface area (TPSA) is 26.3 Å². The average Bonchev–Trinajstić information content (AvgIpc) is 2.30. The number of benzene rings is 1. The van der Waals surface area contributed by atoms with Crippen LogP contribution in [0.2, 0.25) is 0 Å². The van der Waals surface area contributed by atoms with Crippen LogP contribution in [-0.2, 0) is 4.74 Å². The van der Waals surface area contributed by atoms with Gasteiger partial charge in [0, 0.05) is 0 Å². The number of hydrogen-bond acceptors (Lipinski definition) is 2. The first-order chi connectivity index (χ1) is 7.63. The van der Waals surface area contributed by atoms with E-state index in [0.717, 1.165) is 12.0 Å². The second-order valence-corrected chi connectivity index (χ2v) is 3.69. The quantitative estimate of drug-likeness (QED) is 0.725. The first-order valence-corrected chi connectivity index (χ1v) is 5.48. The third-order valence-electron chi connectivity index (χ3n) is 2.73. The summed E-state index contributed by atoms with van der Waals surface area (Å²) in [6.07, 6.45) is 3.10. The van der Waals surface area contributed by atoms with E-state index in [4.69, 9.17) is 4.74 Å². The zero-order valence-electron chi connectivity index (χ0n) is 10.3. The van der Waals surface area contributed by atoms with Crippen molar-refractivity contribution in [1.29, 1.82) is 0 Å². The second kappa shape index (κ2) is 5.50. The number of methoxy groups -OCH3 is 1. The zero-order valence-corrected chi connectivity index (χ0v) is 10.3. The standard InChI is InChI=1S/C14H18O2/c1-5-11(6-2)12-7-8-13(10(3)9-12)14(15)16-4/h5,7-9H,6H2,1-4H3/b11-5-. The van der Waals surface area contributed by atoms with Crippen LogP contribution in [0.25, 0.3) is 5.57 Å². The van der Waals surface area contributed by atoms with Gasteiger partial charge in [0.15, 0.2) is 0 Å². The molecule has 1 aromatic carbocycles. The maximum atomic E-state index is 11.4. The van der Waals surface area contributed by atoms with E-state index in [0.29, 0.717) is 5.56 Å². The first-order valence-electron chi connectivity index (χ1n) is 5.48. The van der Waals surface area contributed by atoms with Gasteiger partial charge in [0.05, 0.1) is 12.7 Å². The fourth-order valence-corrected chi connectivity index (χ4v) is 1.78. The Morgan fingerprint density at radius 2 is 2.12 bits per heavy atom. The molecule has 0 aliphatic carbocycles. The van der Waals surface area contributed by atoms with E-state index in [-0.39, 0.29) is 5.97 Å². The highest BCUT2D eigenvalue weighted by atomic mass is 16.5.